The molecule has 0 aliphatic heterocycles. The molecule has 0 bridgehead atoms. The van der Waals surface area contributed by atoms with E-state index < -0.39 is 0 Å². The van der Waals surface area contributed by atoms with Gasteiger partial charge < -0.3 is 10.6 Å². The maximum absolute atomic E-state index is 13.2. The van der Waals surface area contributed by atoms with Crippen LogP contribution >= 0.6 is 0 Å². The average molecular weight is 376 g/mol. The quantitative estimate of drug-likeness (QED) is 0.652. The number of benzene rings is 2. The number of carbonyl (C=O) groups is 1. The number of carbonyl (C=O) groups excluding carboxylic acids is 1. The third kappa shape index (κ3) is 3.58. The van der Waals surface area contributed by atoms with Crippen LogP contribution in [-0.4, -0.2) is 15.8 Å². The Hall–Kier alpha value is -3.28. The van der Waals surface area contributed by atoms with Crippen LogP contribution in [0.5, 0.6) is 0 Å². The van der Waals surface area contributed by atoms with Crippen molar-refractivity contribution in [2.24, 2.45) is 0 Å². The molecule has 28 heavy (non-hydrogen) atoms. The van der Waals surface area contributed by atoms with Crippen molar-refractivity contribution in [1.29, 1.82) is 0 Å². The van der Waals surface area contributed by atoms with E-state index in [9.17, 15) is 9.18 Å². The van der Waals surface area contributed by atoms with Crippen LogP contribution in [0.25, 0.3) is 0 Å². The van der Waals surface area contributed by atoms with Crippen LogP contribution in [-0.2, 0) is 6.42 Å². The van der Waals surface area contributed by atoms with Crippen LogP contribution in [0.3, 0.4) is 0 Å². The van der Waals surface area contributed by atoms with Crippen LogP contribution in [0.4, 0.5) is 27.5 Å². The number of aryl methyl sites for hydroxylation is 3. The normalized spacial score (nSPS) is 13.2. The van der Waals surface area contributed by atoms with Crippen molar-refractivity contribution in [3.8, 4) is 0 Å². The number of Topliss-reactive ketones (excluding diaryl/α,β-unsaturated/α-hetero) is 1. The zero-order valence-corrected chi connectivity index (χ0v) is 15.8. The minimum absolute atomic E-state index is 0.0586. The molecule has 142 valence electrons. The van der Waals surface area contributed by atoms with Crippen molar-refractivity contribution >= 4 is 28.9 Å². The predicted octanol–water partition coefficient (Wildman–Crippen LogP) is 5.24. The highest BCUT2D eigenvalue weighted by Crippen LogP contribution is 2.31. The van der Waals surface area contributed by atoms with E-state index in [1.54, 1.807) is 12.1 Å². The fourth-order valence-corrected chi connectivity index (χ4v) is 3.46. The summed E-state index contributed by atoms with van der Waals surface area (Å²) in [6.07, 6.45) is 2.01. The number of fused-ring (bicyclic) bond motifs is 1. The molecule has 2 N–H and O–H groups in total. The third-order valence-corrected chi connectivity index (χ3v) is 4.91. The summed E-state index contributed by atoms with van der Waals surface area (Å²) in [4.78, 5) is 21.7. The molecule has 1 aromatic heterocycles. The van der Waals surface area contributed by atoms with Gasteiger partial charge in [-0.25, -0.2) is 9.37 Å². The summed E-state index contributed by atoms with van der Waals surface area (Å²) in [6.45, 7) is 4.03. The first kappa shape index (κ1) is 18.1. The summed E-state index contributed by atoms with van der Waals surface area (Å²) >= 11 is 0. The van der Waals surface area contributed by atoms with Gasteiger partial charge in [0, 0.05) is 17.8 Å². The van der Waals surface area contributed by atoms with Gasteiger partial charge in [-0.15, -0.1) is 0 Å². The number of hydrogen-bond acceptors (Lipinski definition) is 5. The van der Waals surface area contributed by atoms with E-state index in [-0.39, 0.29) is 11.6 Å². The fourth-order valence-electron chi connectivity index (χ4n) is 3.46. The number of para-hydroxylation sites is 1. The van der Waals surface area contributed by atoms with Crippen molar-refractivity contribution in [3.05, 3.63) is 70.7 Å². The first-order chi connectivity index (χ1) is 13.5. The number of anilines is 4. The second-order valence-electron chi connectivity index (χ2n) is 7.02. The van der Waals surface area contributed by atoms with Gasteiger partial charge in [0.1, 0.15) is 11.6 Å². The standard InChI is InChI=1S/C22H21FN4O/c1-13-5-3-6-14(2)20(13)26-21-19-17(7-4-8-18(19)28)25-22(27-21)24-16-11-9-15(23)10-12-16/h3,5-6,9-12H,4,7-8H2,1-2H3,(H2,24,25,26,27). The first-order valence-corrected chi connectivity index (χ1v) is 9.31. The number of halogens is 1. The van der Waals surface area contributed by atoms with Crippen molar-refractivity contribution in [3.63, 3.8) is 0 Å². The molecular formula is C22H21FN4O. The van der Waals surface area contributed by atoms with Gasteiger partial charge >= 0.3 is 0 Å². The minimum atomic E-state index is -0.306. The molecule has 4 rings (SSSR count). The lowest BCUT2D eigenvalue weighted by molar-refractivity contribution is 0.0972. The molecule has 0 unspecified atom stereocenters. The van der Waals surface area contributed by atoms with Crippen molar-refractivity contribution in [2.45, 2.75) is 33.1 Å². The molecule has 6 heteroatoms. The van der Waals surface area contributed by atoms with Gasteiger partial charge in [-0.05, 0) is 62.1 Å². The smallest absolute Gasteiger partial charge is 0.229 e. The number of nitrogens with one attached hydrogen (secondary N) is 2. The number of hydrogen-bond donors (Lipinski definition) is 2. The van der Waals surface area contributed by atoms with E-state index in [1.165, 1.54) is 12.1 Å². The molecule has 1 heterocycles. The molecule has 0 fully saturated rings. The first-order valence-electron chi connectivity index (χ1n) is 9.31. The summed E-state index contributed by atoms with van der Waals surface area (Å²) in [5.74, 6) is 0.647. The number of rotatable bonds is 4. The lowest BCUT2D eigenvalue weighted by Crippen LogP contribution is -2.18. The lowest BCUT2D eigenvalue weighted by Gasteiger charge is -2.20. The summed E-state index contributed by atoms with van der Waals surface area (Å²) in [5, 5.41) is 6.47. The van der Waals surface area contributed by atoms with Crippen molar-refractivity contribution < 1.29 is 9.18 Å². The zero-order chi connectivity index (χ0) is 19.7. The lowest BCUT2D eigenvalue weighted by atomic mass is 9.95. The summed E-state index contributed by atoms with van der Waals surface area (Å²) in [6, 6.07) is 12.0. The van der Waals surface area contributed by atoms with Crippen LogP contribution in [0.2, 0.25) is 0 Å². The van der Waals surface area contributed by atoms with Gasteiger partial charge in [-0.3, -0.25) is 4.79 Å². The molecule has 3 aromatic rings. The number of nitrogens with zero attached hydrogens (tertiary/aromatic N) is 2. The Labute approximate surface area is 163 Å². The summed E-state index contributed by atoms with van der Waals surface area (Å²) in [7, 11) is 0. The molecule has 0 spiro atoms. The van der Waals surface area contributed by atoms with Gasteiger partial charge in [0.15, 0.2) is 5.78 Å². The Kier molecular flexibility index (Phi) is 4.77. The summed E-state index contributed by atoms with van der Waals surface area (Å²) in [5.41, 5.74) is 5.08. The molecule has 5 nitrogen and oxygen atoms in total. The molecule has 0 radical (unpaired) electrons. The Balaban J connectivity index is 1.77. The van der Waals surface area contributed by atoms with Crippen LogP contribution < -0.4 is 10.6 Å². The molecular weight excluding hydrogens is 355 g/mol. The fraction of sp³-hybridized carbons (Fsp3) is 0.227. The minimum Gasteiger partial charge on any atom is -0.339 e. The highest BCUT2D eigenvalue weighted by atomic mass is 19.1. The molecule has 0 amide bonds. The second-order valence-corrected chi connectivity index (χ2v) is 7.02. The molecule has 0 saturated carbocycles. The zero-order valence-electron chi connectivity index (χ0n) is 15.8. The van der Waals surface area contributed by atoms with Crippen molar-refractivity contribution in [1.82, 2.24) is 9.97 Å². The van der Waals surface area contributed by atoms with Gasteiger partial charge in [-0.1, -0.05) is 18.2 Å². The maximum Gasteiger partial charge on any atom is 0.229 e. The SMILES string of the molecule is Cc1cccc(C)c1Nc1nc(Nc2ccc(F)cc2)nc2c1C(=O)CCC2. The Morgan fingerprint density at radius 1 is 0.929 bits per heavy atom. The highest BCUT2D eigenvalue weighted by molar-refractivity contribution is 6.03. The maximum atomic E-state index is 13.2. The van der Waals surface area contributed by atoms with E-state index >= 15 is 0 Å². The van der Waals surface area contributed by atoms with Crippen LogP contribution in [0, 0.1) is 19.7 Å². The Morgan fingerprint density at radius 2 is 1.64 bits per heavy atom. The van der Waals surface area contributed by atoms with Gasteiger partial charge in [0.25, 0.3) is 0 Å². The number of ketones is 1. The van der Waals surface area contributed by atoms with Gasteiger partial charge in [-0.2, -0.15) is 4.98 Å². The Bertz CT molecular complexity index is 1030. The average Bonchev–Trinajstić information content (AvgIpc) is 2.66. The number of aromatic nitrogens is 2. The van der Waals surface area contributed by atoms with E-state index in [4.69, 9.17) is 0 Å². The highest BCUT2D eigenvalue weighted by Gasteiger charge is 2.25. The van der Waals surface area contributed by atoms with E-state index in [0.717, 1.165) is 35.3 Å². The van der Waals surface area contributed by atoms with Crippen molar-refractivity contribution in [2.75, 3.05) is 10.6 Å². The van der Waals surface area contributed by atoms with Gasteiger partial charge in [0.05, 0.1) is 11.3 Å². The van der Waals surface area contributed by atoms with E-state index in [1.807, 2.05) is 32.0 Å². The third-order valence-electron chi connectivity index (χ3n) is 4.91. The predicted molar refractivity (Wildman–Crippen MR) is 108 cm³/mol. The second kappa shape index (κ2) is 7.38. The van der Waals surface area contributed by atoms with Gasteiger partial charge in [0.2, 0.25) is 5.95 Å². The molecule has 0 saturated heterocycles. The van der Waals surface area contributed by atoms with Crippen LogP contribution in [0.15, 0.2) is 42.5 Å². The molecule has 0 atom stereocenters. The molecule has 1 aliphatic carbocycles. The van der Waals surface area contributed by atoms with E-state index in [0.29, 0.717) is 29.4 Å². The summed E-state index contributed by atoms with van der Waals surface area (Å²) < 4.78 is 13.2. The molecule has 1 aliphatic rings. The van der Waals surface area contributed by atoms with Crippen LogP contribution in [0.1, 0.15) is 40.0 Å². The topological polar surface area (TPSA) is 66.9 Å². The monoisotopic (exact) mass is 376 g/mol. The molecule has 2 aromatic carbocycles. The van der Waals surface area contributed by atoms with E-state index in [2.05, 4.69) is 20.6 Å². The Morgan fingerprint density at radius 3 is 2.36 bits per heavy atom. The largest absolute Gasteiger partial charge is 0.339 e.